The summed E-state index contributed by atoms with van der Waals surface area (Å²) in [5.41, 5.74) is 2.00. The van der Waals surface area contributed by atoms with E-state index in [0.29, 0.717) is 13.1 Å². The number of nitrogens with zero attached hydrogens (tertiary/aromatic N) is 1. The summed E-state index contributed by atoms with van der Waals surface area (Å²) < 4.78 is 5.18. The molecular weight excluding hydrogens is 378 g/mol. The van der Waals surface area contributed by atoms with Gasteiger partial charge in [0.2, 0.25) is 5.91 Å². The van der Waals surface area contributed by atoms with E-state index in [0.717, 1.165) is 37.1 Å². The van der Waals surface area contributed by atoms with E-state index in [1.165, 1.54) is 5.56 Å². The number of ether oxygens (including phenoxy) is 1. The molecule has 1 saturated heterocycles. The number of methoxy groups -OCH3 is 1. The molecule has 1 aliphatic heterocycles. The molecule has 0 aliphatic carbocycles. The molecule has 0 aromatic heterocycles. The molecule has 0 saturated carbocycles. The maximum atomic E-state index is 12.7. The Morgan fingerprint density at radius 2 is 1.87 bits per heavy atom. The average molecular weight is 410 g/mol. The lowest BCUT2D eigenvalue weighted by Crippen LogP contribution is -2.49. The van der Waals surface area contributed by atoms with Gasteiger partial charge in [0, 0.05) is 24.8 Å². The van der Waals surface area contributed by atoms with Crippen LogP contribution in [-0.2, 0) is 11.2 Å². The average Bonchev–Trinajstić information content (AvgIpc) is 2.78. The number of likely N-dealkylation sites (tertiary alicyclic amines) is 1. The Morgan fingerprint density at radius 1 is 1.13 bits per heavy atom. The minimum atomic E-state index is -0.181. The molecule has 1 aliphatic rings. The summed E-state index contributed by atoms with van der Waals surface area (Å²) in [6, 6.07) is 17.4. The van der Waals surface area contributed by atoms with Gasteiger partial charge in [0.1, 0.15) is 5.75 Å². The minimum absolute atomic E-state index is 0.0220. The van der Waals surface area contributed by atoms with E-state index in [1.54, 1.807) is 12.0 Å². The van der Waals surface area contributed by atoms with Gasteiger partial charge in [0.25, 0.3) is 0 Å². The molecule has 160 valence electrons. The van der Waals surface area contributed by atoms with Gasteiger partial charge < -0.3 is 20.3 Å². The van der Waals surface area contributed by atoms with Crippen molar-refractivity contribution >= 4 is 17.6 Å². The molecule has 6 nitrogen and oxygen atoms in total. The van der Waals surface area contributed by atoms with Gasteiger partial charge in [-0.05, 0) is 62.4 Å². The number of para-hydroxylation sites is 1. The van der Waals surface area contributed by atoms with Crippen molar-refractivity contribution in [2.24, 2.45) is 5.92 Å². The van der Waals surface area contributed by atoms with Crippen LogP contribution in [0.25, 0.3) is 0 Å². The fourth-order valence-corrected chi connectivity index (χ4v) is 3.69. The van der Waals surface area contributed by atoms with Crippen LogP contribution in [-0.4, -0.2) is 43.1 Å². The predicted octanol–water partition coefficient (Wildman–Crippen LogP) is 4.08. The van der Waals surface area contributed by atoms with Crippen LogP contribution in [0.15, 0.2) is 54.6 Å². The Hall–Kier alpha value is -3.02. The summed E-state index contributed by atoms with van der Waals surface area (Å²) >= 11 is 0. The lowest BCUT2D eigenvalue weighted by molar-refractivity contribution is -0.121. The summed E-state index contributed by atoms with van der Waals surface area (Å²) in [6.45, 7) is 3.16. The molecule has 2 N–H and O–H groups in total. The highest BCUT2D eigenvalue weighted by molar-refractivity contribution is 5.93. The van der Waals surface area contributed by atoms with Crippen LogP contribution in [0.5, 0.6) is 5.75 Å². The molecule has 2 aromatic rings. The number of benzene rings is 2. The van der Waals surface area contributed by atoms with Gasteiger partial charge in [-0.1, -0.05) is 30.3 Å². The van der Waals surface area contributed by atoms with Crippen LogP contribution in [0.4, 0.5) is 10.5 Å². The van der Waals surface area contributed by atoms with Crippen LogP contribution in [0.1, 0.15) is 31.7 Å². The normalized spacial score (nSPS) is 17.1. The fourth-order valence-electron chi connectivity index (χ4n) is 3.69. The molecule has 2 aromatic carbocycles. The molecule has 3 amide bonds. The van der Waals surface area contributed by atoms with Crippen molar-refractivity contribution in [3.8, 4) is 5.75 Å². The number of anilines is 1. The molecule has 3 rings (SSSR count). The highest BCUT2D eigenvalue weighted by Gasteiger charge is 2.28. The summed E-state index contributed by atoms with van der Waals surface area (Å²) in [4.78, 5) is 27.0. The Labute approximate surface area is 178 Å². The smallest absolute Gasteiger partial charge is 0.317 e. The van der Waals surface area contributed by atoms with Crippen LogP contribution < -0.4 is 15.4 Å². The zero-order valence-corrected chi connectivity index (χ0v) is 17.8. The second kappa shape index (κ2) is 10.7. The standard InChI is InChI=1S/C24H31N3O3/c1-18(10-11-19-12-14-22(30-2)15-13-19)25-24(29)27-16-6-7-20(17-27)23(28)26-21-8-4-3-5-9-21/h3-5,8-9,12-15,18,20H,6-7,10-11,16-17H2,1-2H3,(H,25,29)(H,26,28). The monoisotopic (exact) mass is 409 g/mol. The van der Waals surface area contributed by atoms with Crippen molar-refractivity contribution in [1.29, 1.82) is 0 Å². The number of aryl methyl sites for hydroxylation is 1. The molecule has 0 spiro atoms. The van der Waals surface area contributed by atoms with Crippen molar-refractivity contribution in [3.05, 3.63) is 60.2 Å². The lowest BCUT2D eigenvalue weighted by Gasteiger charge is -2.33. The molecule has 0 radical (unpaired) electrons. The number of carbonyl (C=O) groups is 2. The molecule has 1 heterocycles. The summed E-state index contributed by atoms with van der Waals surface area (Å²) in [6.07, 6.45) is 3.37. The summed E-state index contributed by atoms with van der Waals surface area (Å²) in [5.74, 6) is 0.640. The van der Waals surface area contributed by atoms with Crippen molar-refractivity contribution in [1.82, 2.24) is 10.2 Å². The Morgan fingerprint density at radius 3 is 2.57 bits per heavy atom. The number of hydrogen-bond donors (Lipinski definition) is 2. The van der Waals surface area contributed by atoms with Crippen molar-refractivity contribution in [2.75, 3.05) is 25.5 Å². The molecule has 2 atom stereocenters. The molecule has 30 heavy (non-hydrogen) atoms. The Kier molecular flexibility index (Phi) is 7.71. The molecule has 1 fully saturated rings. The number of urea groups is 1. The predicted molar refractivity (Wildman–Crippen MR) is 119 cm³/mol. The number of hydrogen-bond acceptors (Lipinski definition) is 3. The van der Waals surface area contributed by atoms with E-state index in [2.05, 4.69) is 10.6 Å². The topological polar surface area (TPSA) is 70.7 Å². The molecule has 2 unspecified atom stereocenters. The van der Waals surface area contributed by atoms with Gasteiger partial charge in [-0.3, -0.25) is 4.79 Å². The first kappa shape index (κ1) is 21.7. The summed E-state index contributed by atoms with van der Waals surface area (Å²) in [7, 11) is 1.66. The van der Waals surface area contributed by atoms with E-state index in [9.17, 15) is 9.59 Å². The van der Waals surface area contributed by atoms with Crippen LogP contribution in [0.2, 0.25) is 0 Å². The second-order valence-electron chi connectivity index (χ2n) is 7.88. The van der Waals surface area contributed by atoms with E-state index in [1.807, 2.05) is 61.5 Å². The lowest BCUT2D eigenvalue weighted by atomic mass is 9.97. The third-order valence-corrected chi connectivity index (χ3v) is 5.52. The van der Waals surface area contributed by atoms with Crippen molar-refractivity contribution in [3.63, 3.8) is 0 Å². The number of amides is 3. The maximum absolute atomic E-state index is 12.7. The zero-order valence-electron chi connectivity index (χ0n) is 17.8. The highest BCUT2D eigenvalue weighted by Crippen LogP contribution is 2.19. The number of rotatable bonds is 7. The van der Waals surface area contributed by atoms with Gasteiger partial charge >= 0.3 is 6.03 Å². The van der Waals surface area contributed by atoms with Crippen LogP contribution in [0, 0.1) is 5.92 Å². The van der Waals surface area contributed by atoms with Gasteiger partial charge in [0.15, 0.2) is 0 Å². The molecule has 6 heteroatoms. The van der Waals surface area contributed by atoms with Crippen molar-refractivity contribution in [2.45, 2.75) is 38.6 Å². The molecule has 0 bridgehead atoms. The number of carbonyl (C=O) groups excluding carboxylic acids is 2. The van der Waals surface area contributed by atoms with E-state index in [4.69, 9.17) is 4.74 Å². The highest BCUT2D eigenvalue weighted by atomic mass is 16.5. The fraction of sp³-hybridized carbons (Fsp3) is 0.417. The second-order valence-corrected chi connectivity index (χ2v) is 7.88. The van der Waals surface area contributed by atoms with Gasteiger partial charge in [-0.25, -0.2) is 4.79 Å². The minimum Gasteiger partial charge on any atom is -0.497 e. The van der Waals surface area contributed by atoms with E-state index < -0.39 is 0 Å². The van der Waals surface area contributed by atoms with E-state index >= 15 is 0 Å². The number of nitrogens with one attached hydrogen (secondary N) is 2. The van der Waals surface area contributed by atoms with Gasteiger partial charge in [0.05, 0.1) is 13.0 Å². The number of piperidine rings is 1. The molecular formula is C24H31N3O3. The van der Waals surface area contributed by atoms with Crippen LogP contribution >= 0.6 is 0 Å². The Balaban J connectivity index is 1.45. The van der Waals surface area contributed by atoms with E-state index in [-0.39, 0.29) is 23.9 Å². The first-order chi connectivity index (χ1) is 14.5. The zero-order chi connectivity index (χ0) is 21.3. The Bertz CT molecular complexity index is 823. The third kappa shape index (κ3) is 6.24. The summed E-state index contributed by atoms with van der Waals surface area (Å²) in [5, 5.41) is 6.03. The quantitative estimate of drug-likeness (QED) is 0.724. The SMILES string of the molecule is COc1ccc(CCC(C)NC(=O)N2CCCC(C(=O)Nc3ccccc3)C2)cc1. The third-order valence-electron chi connectivity index (χ3n) is 5.52. The van der Waals surface area contributed by atoms with Gasteiger partial charge in [-0.15, -0.1) is 0 Å². The largest absolute Gasteiger partial charge is 0.497 e. The first-order valence-corrected chi connectivity index (χ1v) is 10.6. The van der Waals surface area contributed by atoms with Crippen molar-refractivity contribution < 1.29 is 14.3 Å². The first-order valence-electron chi connectivity index (χ1n) is 10.6. The van der Waals surface area contributed by atoms with Gasteiger partial charge in [-0.2, -0.15) is 0 Å². The van der Waals surface area contributed by atoms with Crippen LogP contribution in [0.3, 0.4) is 0 Å². The maximum Gasteiger partial charge on any atom is 0.317 e.